The van der Waals surface area contributed by atoms with Crippen LogP contribution in [0.1, 0.15) is 10.4 Å². The van der Waals surface area contributed by atoms with E-state index in [2.05, 4.69) is 6.07 Å². The summed E-state index contributed by atoms with van der Waals surface area (Å²) >= 11 is 0. The van der Waals surface area contributed by atoms with Gasteiger partial charge in [0.05, 0.1) is 20.3 Å². The third kappa shape index (κ3) is 1.75. The van der Waals surface area contributed by atoms with E-state index in [-0.39, 0.29) is 0 Å². The van der Waals surface area contributed by atoms with Crippen LogP contribution < -0.4 is 9.47 Å². The number of carbonyl (C=O) groups is 1. The van der Waals surface area contributed by atoms with E-state index in [1.165, 1.54) is 14.2 Å². The molecule has 0 aliphatic carbocycles. The number of carbonyl (C=O) groups excluding carboxylic acids is 1. The molecule has 0 spiro atoms. The van der Waals surface area contributed by atoms with Crippen molar-refractivity contribution in [2.24, 2.45) is 0 Å². The topological polar surface area (TPSA) is 35.5 Å². The van der Waals surface area contributed by atoms with Gasteiger partial charge < -0.3 is 9.47 Å². The molecule has 0 amide bonds. The second-order valence-electron chi connectivity index (χ2n) is 2.17. The number of hydrogen-bond donors (Lipinski definition) is 0. The highest BCUT2D eigenvalue weighted by Gasteiger charge is 2.00. The molecule has 0 unspecified atom stereocenters. The average molecular weight is 165 g/mol. The largest absolute Gasteiger partial charge is 0.496 e. The van der Waals surface area contributed by atoms with Crippen molar-refractivity contribution in [1.82, 2.24) is 0 Å². The van der Waals surface area contributed by atoms with Gasteiger partial charge >= 0.3 is 0 Å². The van der Waals surface area contributed by atoms with E-state index < -0.39 is 0 Å². The summed E-state index contributed by atoms with van der Waals surface area (Å²) in [5, 5.41) is 0. The molecule has 0 atom stereocenters. The van der Waals surface area contributed by atoms with Crippen molar-refractivity contribution in [2.75, 3.05) is 14.2 Å². The van der Waals surface area contributed by atoms with Gasteiger partial charge in [-0.3, -0.25) is 4.79 Å². The summed E-state index contributed by atoms with van der Waals surface area (Å²) in [5.41, 5.74) is 0.516. The van der Waals surface area contributed by atoms with Crippen LogP contribution in [0, 0.1) is 6.07 Å². The van der Waals surface area contributed by atoms with E-state index in [1.807, 2.05) is 0 Å². The van der Waals surface area contributed by atoms with E-state index >= 15 is 0 Å². The van der Waals surface area contributed by atoms with Gasteiger partial charge in [0.2, 0.25) is 0 Å². The summed E-state index contributed by atoms with van der Waals surface area (Å²) < 4.78 is 9.81. The minimum Gasteiger partial charge on any atom is -0.496 e. The second-order valence-corrected chi connectivity index (χ2v) is 2.17. The van der Waals surface area contributed by atoms with Crippen molar-refractivity contribution in [3.63, 3.8) is 0 Å². The SMILES string of the molecule is COc1[c]c(OC)cc(C=O)c1. The van der Waals surface area contributed by atoms with E-state index in [0.717, 1.165) is 6.29 Å². The molecular weight excluding hydrogens is 156 g/mol. The lowest BCUT2D eigenvalue weighted by molar-refractivity contribution is 0.112. The Morgan fingerprint density at radius 2 is 1.75 bits per heavy atom. The predicted octanol–water partition coefficient (Wildman–Crippen LogP) is 1.32. The lowest BCUT2D eigenvalue weighted by Crippen LogP contribution is -1.90. The fourth-order valence-corrected chi connectivity index (χ4v) is 0.826. The molecule has 1 radical (unpaired) electrons. The normalized spacial score (nSPS) is 9.17. The Labute approximate surface area is 70.9 Å². The molecule has 12 heavy (non-hydrogen) atoms. The molecule has 0 aliphatic heterocycles. The number of benzene rings is 1. The zero-order valence-electron chi connectivity index (χ0n) is 6.96. The maximum atomic E-state index is 10.4. The summed E-state index contributed by atoms with van der Waals surface area (Å²) in [6.07, 6.45) is 0.735. The van der Waals surface area contributed by atoms with E-state index in [4.69, 9.17) is 9.47 Å². The maximum Gasteiger partial charge on any atom is 0.150 e. The number of rotatable bonds is 3. The molecule has 0 bridgehead atoms. The lowest BCUT2D eigenvalue weighted by atomic mass is 10.2. The van der Waals surface area contributed by atoms with Crippen molar-refractivity contribution in [3.05, 3.63) is 23.8 Å². The Morgan fingerprint density at radius 3 is 2.08 bits per heavy atom. The first kappa shape index (κ1) is 8.59. The molecule has 1 aromatic rings. The highest BCUT2D eigenvalue weighted by Crippen LogP contribution is 2.19. The summed E-state index contributed by atoms with van der Waals surface area (Å²) in [4.78, 5) is 10.4. The third-order valence-corrected chi connectivity index (χ3v) is 1.42. The standard InChI is InChI=1S/C9H9O3/c1-11-8-3-7(6-10)4-9(5-8)12-2/h3-4,6H,1-2H3. The first-order valence-electron chi connectivity index (χ1n) is 3.40. The van der Waals surface area contributed by atoms with Crippen LogP contribution in [-0.4, -0.2) is 20.5 Å². The monoisotopic (exact) mass is 165 g/mol. The first-order chi connectivity index (χ1) is 5.80. The summed E-state index contributed by atoms with van der Waals surface area (Å²) in [6, 6.07) is 6.00. The van der Waals surface area contributed by atoms with E-state index in [0.29, 0.717) is 17.1 Å². The maximum absolute atomic E-state index is 10.4. The van der Waals surface area contributed by atoms with Crippen LogP contribution in [0.4, 0.5) is 0 Å². The number of hydrogen-bond acceptors (Lipinski definition) is 3. The molecule has 0 N–H and O–H groups in total. The van der Waals surface area contributed by atoms with Crippen LogP contribution in [0.25, 0.3) is 0 Å². The van der Waals surface area contributed by atoms with Gasteiger partial charge in [-0.25, -0.2) is 0 Å². The molecule has 3 heteroatoms. The Kier molecular flexibility index (Phi) is 2.69. The van der Waals surface area contributed by atoms with Gasteiger partial charge in [0.15, 0.2) is 0 Å². The van der Waals surface area contributed by atoms with Crippen molar-refractivity contribution in [2.45, 2.75) is 0 Å². The van der Waals surface area contributed by atoms with Crippen LogP contribution in [0.2, 0.25) is 0 Å². The Bertz CT molecular complexity index is 259. The van der Waals surface area contributed by atoms with E-state index in [1.54, 1.807) is 12.1 Å². The van der Waals surface area contributed by atoms with Crippen molar-refractivity contribution < 1.29 is 14.3 Å². The Morgan fingerprint density at radius 1 is 1.25 bits per heavy atom. The van der Waals surface area contributed by atoms with Crippen LogP contribution in [0.3, 0.4) is 0 Å². The highest BCUT2D eigenvalue weighted by atomic mass is 16.5. The minimum absolute atomic E-state index is 0.497. The smallest absolute Gasteiger partial charge is 0.150 e. The first-order valence-corrected chi connectivity index (χ1v) is 3.40. The van der Waals surface area contributed by atoms with Crippen LogP contribution in [0.15, 0.2) is 12.1 Å². The van der Waals surface area contributed by atoms with Gasteiger partial charge in [0.25, 0.3) is 0 Å². The van der Waals surface area contributed by atoms with Crippen LogP contribution in [-0.2, 0) is 0 Å². The molecule has 0 aliphatic rings. The van der Waals surface area contributed by atoms with Crippen molar-refractivity contribution in [3.8, 4) is 11.5 Å². The van der Waals surface area contributed by atoms with Gasteiger partial charge in [-0.15, -0.1) is 0 Å². The van der Waals surface area contributed by atoms with Gasteiger partial charge in [0, 0.05) is 5.56 Å². The van der Waals surface area contributed by atoms with Gasteiger partial charge in [-0.1, -0.05) is 0 Å². The molecule has 1 aromatic carbocycles. The van der Waals surface area contributed by atoms with Gasteiger partial charge in [0.1, 0.15) is 17.8 Å². The fourth-order valence-electron chi connectivity index (χ4n) is 0.826. The molecule has 0 saturated carbocycles. The number of ether oxygens (including phenoxy) is 2. The quantitative estimate of drug-likeness (QED) is 0.633. The Balaban J connectivity index is 3.09. The highest BCUT2D eigenvalue weighted by molar-refractivity contribution is 5.76. The fraction of sp³-hybridized carbons (Fsp3) is 0.222. The van der Waals surface area contributed by atoms with Crippen molar-refractivity contribution in [1.29, 1.82) is 0 Å². The van der Waals surface area contributed by atoms with Crippen molar-refractivity contribution >= 4 is 6.29 Å². The zero-order valence-corrected chi connectivity index (χ0v) is 6.96. The molecule has 3 nitrogen and oxygen atoms in total. The summed E-state index contributed by atoms with van der Waals surface area (Å²) in [6.45, 7) is 0. The molecular formula is C9H9O3. The van der Waals surface area contributed by atoms with E-state index in [9.17, 15) is 4.79 Å². The second kappa shape index (κ2) is 3.76. The molecule has 63 valence electrons. The number of methoxy groups -OCH3 is 2. The third-order valence-electron chi connectivity index (χ3n) is 1.42. The van der Waals surface area contributed by atoms with Gasteiger partial charge in [-0.2, -0.15) is 0 Å². The molecule has 1 rings (SSSR count). The molecule has 0 heterocycles. The van der Waals surface area contributed by atoms with Gasteiger partial charge in [-0.05, 0) is 12.1 Å². The Hall–Kier alpha value is -1.51. The zero-order chi connectivity index (χ0) is 8.97. The summed E-state index contributed by atoms with van der Waals surface area (Å²) in [7, 11) is 3.03. The van der Waals surface area contributed by atoms with Crippen LogP contribution >= 0.6 is 0 Å². The lowest BCUT2D eigenvalue weighted by Gasteiger charge is -2.03. The molecule has 0 fully saturated rings. The molecule has 0 aromatic heterocycles. The minimum atomic E-state index is 0.497. The number of aldehydes is 1. The summed E-state index contributed by atoms with van der Waals surface area (Å²) in [5.74, 6) is 0.993. The average Bonchev–Trinajstić information content (AvgIpc) is 2.16. The predicted molar refractivity (Wildman–Crippen MR) is 43.8 cm³/mol. The van der Waals surface area contributed by atoms with Crippen LogP contribution in [0.5, 0.6) is 11.5 Å². The molecule has 0 saturated heterocycles.